The van der Waals surface area contributed by atoms with Crippen molar-refractivity contribution in [3.63, 3.8) is 0 Å². The van der Waals surface area contributed by atoms with E-state index in [1.54, 1.807) is 19.1 Å². The third-order valence-electron chi connectivity index (χ3n) is 3.80. The highest BCUT2D eigenvalue weighted by molar-refractivity contribution is 5.99. The van der Waals surface area contributed by atoms with E-state index in [1.165, 1.54) is 27.4 Å². The molecule has 0 fully saturated rings. The maximum atomic E-state index is 12.5. The first-order valence-corrected chi connectivity index (χ1v) is 7.54. The lowest BCUT2D eigenvalue weighted by atomic mass is 9.97. The van der Waals surface area contributed by atoms with Crippen LogP contribution in [0.5, 0.6) is 5.75 Å². The molecule has 0 saturated carbocycles. The Morgan fingerprint density at radius 1 is 1.22 bits per heavy atom. The average Bonchev–Trinajstić information content (AvgIpc) is 2.58. The standard InChI is InChI=1S/C17H25NO5/c1-6-7-10-17(2,23-5)16(20)18-12-8-9-14(21-3)13(11-12)15(19)22-4/h8-9,11H,6-7,10H2,1-5H3,(H,18,20)/t17-/m1/s1. The van der Waals surface area contributed by atoms with Crippen LogP contribution >= 0.6 is 0 Å². The third kappa shape index (κ3) is 4.69. The van der Waals surface area contributed by atoms with E-state index in [0.717, 1.165) is 12.8 Å². The van der Waals surface area contributed by atoms with Gasteiger partial charge in [-0.1, -0.05) is 19.8 Å². The van der Waals surface area contributed by atoms with E-state index in [4.69, 9.17) is 14.2 Å². The highest BCUT2D eigenvalue weighted by Crippen LogP contribution is 2.25. The van der Waals surface area contributed by atoms with Crippen LogP contribution < -0.4 is 10.1 Å². The number of methoxy groups -OCH3 is 3. The van der Waals surface area contributed by atoms with E-state index in [9.17, 15) is 9.59 Å². The van der Waals surface area contributed by atoms with E-state index in [-0.39, 0.29) is 11.5 Å². The molecule has 0 aliphatic heterocycles. The van der Waals surface area contributed by atoms with Crippen molar-refractivity contribution in [2.24, 2.45) is 0 Å². The molecule has 0 radical (unpaired) electrons. The smallest absolute Gasteiger partial charge is 0.341 e. The van der Waals surface area contributed by atoms with Crippen molar-refractivity contribution in [3.05, 3.63) is 23.8 Å². The maximum Gasteiger partial charge on any atom is 0.341 e. The highest BCUT2D eigenvalue weighted by atomic mass is 16.5. The molecule has 1 aromatic carbocycles. The Balaban J connectivity index is 2.99. The van der Waals surface area contributed by atoms with Crippen LogP contribution in [0.3, 0.4) is 0 Å². The van der Waals surface area contributed by atoms with Crippen molar-refractivity contribution >= 4 is 17.6 Å². The fourth-order valence-corrected chi connectivity index (χ4v) is 2.14. The summed E-state index contributed by atoms with van der Waals surface area (Å²) in [6, 6.07) is 4.80. The highest BCUT2D eigenvalue weighted by Gasteiger charge is 2.32. The minimum Gasteiger partial charge on any atom is -0.496 e. The molecular weight excluding hydrogens is 298 g/mol. The molecule has 6 nitrogen and oxygen atoms in total. The number of amides is 1. The summed E-state index contributed by atoms with van der Waals surface area (Å²) in [4.78, 5) is 24.3. The monoisotopic (exact) mass is 323 g/mol. The quantitative estimate of drug-likeness (QED) is 0.744. The van der Waals surface area contributed by atoms with Crippen LogP contribution in [-0.4, -0.2) is 38.8 Å². The first-order valence-electron chi connectivity index (χ1n) is 7.54. The van der Waals surface area contributed by atoms with Crippen LogP contribution in [-0.2, 0) is 14.3 Å². The third-order valence-corrected chi connectivity index (χ3v) is 3.80. The van der Waals surface area contributed by atoms with Gasteiger partial charge >= 0.3 is 5.97 Å². The SMILES string of the molecule is CCCC[C@@](C)(OC)C(=O)Nc1ccc(OC)c(C(=O)OC)c1. The number of carbonyl (C=O) groups is 2. The molecule has 0 spiro atoms. The first-order chi connectivity index (χ1) is 10.9. The summed E-state index contributed by atoms with van der Waals surface area (Å²) >= 11 is 0. The number of benzene rings is 1. The largest absolute Gasteiger partial charge is 0.496 e. The topological polar surface area (TPSA) is 73.9 Å². The lowest BCUT2D eigenvalue weighted by Gasteiger charge is -2.26. The summed E-state index contributed by atoms with van der Waals surface area (Å²) in [5, 5.41) is 2.79. The van der Waals surface area contributed by atoms with Crippen LogP contribution in [0.4, 0.5) is 5.69 Å². The van der Waals surface area contributed by atoms with Crippen molar-refractivity contribution in [2.75, 3.05) is 26.6 Å². The second kappa shape index (κ2) is 8.53. The van der Waals surface area contributed by atoms with E-state index < -0.39 is 11.6 Å². The van der Waals surface area contributed by atoms with Gasteiger partial charge in [-0.05, 0) is 31.5 Å². The van der Waals surface area contributed by atoms with Crippen molar-refractivity contribution in [3.8, 4) is 5.75 Å². The van der Waals surface area contributed by atoms with E-state index in [1.807, 2.05) is 0 Å². The molecule has 0 aliphatic carbocycles. The molecule has 0 heterocycles. The Morgan fingerprint density at radius 2 is 1.91 bits per heavy atom. The number of hydrogen-bond donors (Lipinski definition) is 1. The lowest BCUT2D eigenvalue weighted by Crippen LogP contribution is -2.41. The van der Waals surface area contributed by atoms with Crippen molar-refractivity contribution in [2.45, 2.75) is 38.7 Å². The van der Waals surface area contributed by atoms with Gasteiger partial charge in [0.25, 0.3) is 5.91 Å². The van der Waals surface area contributed by atoms with Gasteiger partial charge in [0.1, 0.15) is 16.9 Å². The zero-order chi connectivity index (χ0) is 17.5. The van der Waals surface area contributed by atoms with Gasteiger partial charge in [-0.3, -0.25) is 4.79 Å². The number of rotatable bonds is 8. The summed E-state index contributed by atoms with van der Waals surface area (Å²) in [7, 11) is 4.27. The van der Waals surface area contributed by atoms with Gasteiger partial charge in [0.15, 0.2) is 0 Å². The van der Waals surface area contributed by atoms with Crippen LogP contribution in [0.25, 0.3) is 0 Å². The lowest BCUT2D eigenvalue weighted by molar-refractivity contribution is -0.136. The summed E-state index contributed by atoms with van der Waals surface area (Å²) in [6.07, 6.45) is 2.47. The van der Waals surface area contributed by atoms with Crippen LogP contribution in [0, 0.1) is 0 Å². The Labute approximate surface area is 137 Å². The normalized spacial score (nSPS) is 13.1. The fraction of sp³-hybridized carbons (Fsp3) is 0.529. The molecule has 0 bridgehead atoms. The Hall–Kier alpha value is -2.08. The fourth-order valence-electron chi connectivity index (χ4n) is 2.14. The van der Waals surface area contributed by atoms with Gasteiger partial charge < -0.3 is 19.5 Å². The van der Waals surface area contributed by atoms with Gasteiger partial charge in [0, 0.05) is 12.8 Å². The molecule has 0 aliphatic rings. The van der Waals surface area contributed by atoms with Crippen LogP contribution in [0.1, 0.15) is 43.5 Å². The molecule has 1 aromatic rings. The summed E-state index contributed by atoms with van der Waals surface area (Å²) < 4.78 is 15.2. The Kier molecular flexibility index (Phi) is 7.03. The van der Waals surface area contributed by atoms with Crippen molar-refractivity contribution in [1.82, 2.24) is 0 Å². The van der Waals surface area contributed by atoms with Crippen molar-refractivity contribution < 1.29 is 23.8 Å². The van der Waals surface area contributed by atoms with Crippen LogP contribution in [0.2, 0.25) is 0 Å². The molecule has 0 saturated heterocycles. The van der Waals surface area contributed by atoms with Crippen LogP contribution in [0.15, 0.2) is 18.2 Å². The number of anilines is 1. The molecule has 1 rings (SSSR count). The molecule has 128 valence electrons. The second-order valence-electron chi connectivity index (χ2n) is 5.40. The number of esters is 1. The molecule has 1 amide bonds. The molecule has 23 heavy (non-hydrogen) atoms. The first kappa shape index (κ1) is 19.0. The number of carbonyl (C=O) groups excluding carboxylic acids is 2. The number of unbranched alkanes of at least 4 members (excludes halogenated alkanes) is 1. The van der Waals surface area contributed by atoms with Gasteiger partial charge in [-0.15, -0.1) is 0 Å². The molecular formula is C17H25NO5. The van der Waals surface area contributed by atoms with Gasteiger partial charge in [-0.2, -0.15) is 0 Å². The summed E-state index contributed by atoms with van der Waals surface area (Å²) in [6.45, 7) is 3.81. The molecule has 6 heteroatoms. The maximum absolute atomic E-state index is 12.5. The molecule has 1 atom stereocenters. The van der Waals surface area contributed by atoms with E-state index in [2.05, 4.69) is 12.2 Å². The zero-order valence-corrected chi connectivity index (χ0v) is 14.4. The Bertz CT molecular complexity index is 558. The minimum absolute atomic E-state index is 0.250. The molecule has 1 N–H and O–H groups in total. The average molecular weight is 323 g/mol. The second-order valence-corrected chi connectivity index (χ2v) is 5.40. The zero-order valence-electron chi connectivity index (χ0n) is 14.4. The predicted molar refractivity (Wildman–Crippen MR) is 87.9 cm³/mol. The number of hydrogen-bond acceptors (Lipinski definition) is 5. The summed E-state index contributed by atoms with van der Waals surface area (Å²) in [5.41, 5.74) is -0.182. The van der Waals surface area contributed by atoms with Crippen molar-refractivity contribution in [1.29, 1.82) is 0 Å². The number of nitrogens with one attached hydrogen (secondary N) is 1. The Morgan fingerprint density at radius 3 is 2.43 bits per heavy atom. The molecule has 0 unspecified atom stereocenters. The van der Waals surface area contributed by atoms with E-state index in [0.29, 0.717) is 17.9 Å². The van der Waals surface area contributed by atoms with Gasteiger partial charge in [0.2, 0.25) is 0 Å². The summed E-state index contributed by atoms with van der Waals surface area (Å²) in [5.74, 6) is -0.400. The van der Waals surface area contributed by atoms with Gasteiger partial charge in [-0.25, -0.2) is 4.79 Å². The molecule has 0 aromatic heterocycles. The van der Waals surface area contributed by atoms with Gasteiger partial charge in [0.05, 0.1) is 14.2 Å². The predicted octanol–water partition coefficient (Wildman–Crippen LogP) is 3.02. The van der Waals surface area contributed by atoms with E-state index >= 15 is 0 Å². The minimum atomic E-state index is -0.915. The number of ether oxygens (including phenoxy) is 3.